The number of β-amino-alcohol motifs (C(OH)–C–C–N with tert-alkyl or cyclic N) is 1. The van der Waals surface area contributed by atoms with E-state index in [0.29, 0.717) is 42.7 Å². The quantitative estimate of drug-likeness (QED) is 0.672. The van der Waals surface area contributed by atoms with Gasteiger partial charge in [-0.25, -0.2) is 4.98 Å². The van der Waals surface area contributed by atoms with Crippen LogP contribution in [0.25, 0.3) is 0 Å². The lowest BCUT2D eigenvalue weighted by Crippen LogP contribution is -2.44. The van der Waals surface area contributed by atoms with Gasteiger partial charge in [-0.1, -0.05) is 11.6 Å². The van der Waals surface area contributed by atoms with E-state index in [4.69, 9.17) is 16.3 Å². The van der Waals surface area contributed by atoms with Gasteiger partial charge in [0.25, 0.3) is 5.91 Å². The van der Waals surface area contributed by atoms with Crippen molar-refractivity contribution < 1.29 is 14.6 Å². The Kier molecular flexibility index (Phi) is 7.04. The fourth-order valence-corrected chi connectivity index (χ4v) is 2.55. The molecule has 0 aliphatic carbocycles. The van der Waals surface area contributed by atoms with Gasteiger partial charge in [-0.05, 0) is 13.0 Å². The van der Waals surface area contributed by atoms with Crippen LogP contribution >= 0.6 is 11.6 Å². The first-order valence-electron chi connectivity index (χ1n) is 7.76. The van der Waals surface area contributed by atoms with Crippen LogP contribution < -0.4 is 10.6 Å². The lowest BCUT2D eigenvalue weighted by Gasteiger charge is -2.28. The molecule has 1 aromatic heterocycles. The summed E-state index contributed by atoms with van der Waals surface area (Å²) in [5.41, 5.74) is 0.371. The summed E-state index contributed by atoms with van der Waals surface area (Å²) in [7, 11) is 0. The minimum absolute atomic E-state index is 0.183. The van der Waals surface area contributed by atoms with E-state index in [2.05, 4.69) is 20.5 Å². The van der Waals surface area contributed by atoms with Crippen molar-refractivity contribution in [2.24, 2.45) is 0 Å². The highest BCUT2D eigenvalue weighted by Gasteiger charge is 2.16. The Labute approximate surface area is 141 Å². The van der Waals surface area contributed by atoms with Gasteiger partial charge in [-0.2, -0.15) is 0 Å². The Morgan fingerprint density at radius 1 is 1.52 bits per heavy atom. The van der Waals surface area contributed by atoms with Crippen molar-refractivity contribution in [3.63, 3.8) is 0 Å². The van der Waals surface area contributed by atoms with Crippen molar-refractivity contribution in [3.05, 3.63) is 22.8 Å². The molecule has 1 aliphatic rings. The maximum absolute atomic E-state index is 12.1. The third-order valence-electron chi connectivity index (χ3n) is 3.52. The summed E-state index contributed by atoms with van der Waals surface area (Å²) in [5, 5.41) is 16.1. The lowest BCUT2D eigenvalue weighted by atomic mass is 10.2. The van der Waals surface area contributed by atoms with Gasteiger partial charge in [0.05, 0.1) is 29.9 Å². The van der Waals surface area contributed by atoms with Crippen molar-refractivity contribution >= 4 is 23.3 Å². The van der Waals surface area contributed by atoms with Crippen LogP contribution in [0.2, 0.25) is 5.02 Å². The SMILES string of the molecule is CCNc1ncc(C(=O)NCC(O)CN2CCOCC2)cc1Cl. The van der Waals surface area contributed by atoms with E-state index in [0.717, 1.165) is 13.1 Å². The van der Waals surface area contributed by atoms with E-state index in [1.165, 1.54) is 6.20 Å². The Balaban J connectivity index is 1.80. The number of pyridine rings is 1. The number of aliphatic hydroxyl groups excluding tert-OH is 1. The maximum atomic E-state index is 12.1. The molecule has 0 saturated carbocycles. The van der Waals surface area contributed by atoms with Crippen molar-refractivity contribution in [3.8, 4) is 0 Å². The number of hydrogen-bond donors (Lipinski definition) is 3. The van der Waals surface area contributed by atoms with E-state index < -0.39 is 6.10 Å². The van der Waals surface area contributed by atoms with E-state index in [9.17, 15) is 9.90 Å². The summed E-state index contributed by atoms with van der Waals surface area (Å²) in [6.07, 6.45) is 0.842. The molecule has 0 bridgehead atoms. The van der Waals surface area contributed by atoms with Gasteiger partial charge < -0.3 is 20.5 Å². The van der Waals surface area contributed by atoms with Gasteiger partial charge in [0.1, 0.15) is 5.82 Å². The number of carbonyl (C=O) groups excluding carboxylic acids is 1. The molecule has 128 valence electrons. The summed E-state index contributed by atoms with van der Waals surface area (Å²) in [5.74, 6) is 0.251. The summed E-state index contributed by atoms with van der Waals surface area (Å²) >= 11 is 6.07. The van der Waals surface area contributed by atoms with Crippen molar-refractivity contribution in [2.45, 2.75) is 13.0 Å². The zero-order chi connectivity index (χ0) is 16.7. The van der Waals surface area contributed by atoms with Crippen molar-refractivity contribution in [2.75, 3.05) is 51.3 Å². The first kappa shape index (κ1) is 17.9. The topological polar surface area (TPSA) is 86.7 Å². The van der Waals surface area contributed by atoms with E-state index >= 15 is 0 Å². The number of amides is 1. The number of rotatable bonds is 7. The molecule has 23 heavy (non-hydrogen) atoms. The zero-order valence-corrected chi connectivity index (χ0v) is 14.0. The summed E-state index contributed by atoms with van der Waals surface area (Å²) in [4.78, 5) is 18.3. The molecule has 2 rings (SSSR count). The van der Waals surface area contributed by atoms with Crippen LogP contribution in [0, 0.1) is 0 Å². The van der Waals surface area contributed by atoms with Crippen LogP contribution in [0.3, 0.4) is 0 Å². The summed E-state index contributed by atoms with van der Waals surface area (Å²) in [6.45, 7) is 6.31. The van der Waals surface area contributed by atoms with Crippen LogP contribution in [-0.4, -0.2) is 72.9 Å². The van der Waals surface area contributed by atoms with Gasteiger partial charge in [0, 0.05) is 38.9 Å². The van der Waals surface area contributed by atoms with Gasteiger partial charge >= 0.3 is 0 Å². The molecule has 1 atom stereocenters. The van der Waals surface area contributed by atoms with E-state index in [1.54, 1.807) is 6.07 Å². The molecule has 2 heterocycles. The van der Waals surface area contributed by atoms with Crippen LogP contribution in [0.1, 0.15) is 17.3 Å². The third kappa shape index (κ3) is 5.62. The van der Waals surface area contributed by atoms with E-state index in [-0.39, 0.29) is 12.5 Å². The van der Waals surface area contributed by atoms with Gasteiger partial charge in [0.2, 0.25) is 0 Å². The smallest absolute Gasteiger partial charge is 0.252 e. The molecule has 0 aromatic carbocycles. The monoisotopic (exact) mass is 342 g/mol. The predicted molar refractivity (Wildman–Crippen MR) is 89.0 cm³/mol. The summed E-state index contributed by atoms with van der Waals surface area (Å²) in [6, 6.07) is 1.57. The second kappa shape index (κ2) is 9.02. The second-order valence-corrected chi connectivity index (χ2v) is 5.77. The highest BCUT2D eigenvalue weighted by molar-refractivity contribution is 6.33. The largest absolute Gasteiger partial charge is 0.390 e. The molecular formula is C15H23ClN4O3. The average molecular weight is 343 g/mol. The first-order valence-corrected chi connectivity index (χ1v) is 8.13. The molecular weight excluding hydrogens is 320 g/mol. The number of hydrogen-bond acceptors (Lipinski definition) is 6. The fourth-order valence-electron chi connectivity index (χ4n) is 2.32. The van der Waals surface area contributed by atoms with Crippen molar-refractivity contribution in [1.82, 2.24) is 15.2 Å². The molecule has 1 aliphatic heterocycles. The predicted octanol–water partition coefficient (Wildman–Crippen LogP) is 0.590. The molecule has 3 N–H and O–H groups in total. The highest BCUT2D eigenvalue weighted by atomic mass is 35.5. The van der Waals surface area contributed by atoms with Gasteiger partial charge in [-0.3, -0.25) is 9.69 Å². The number of carbonyl (C=O) groups is 1. The van der Waals surface area contributed by atoms with E-state index in [1.807, 2.05) is 6.92 Å². The standard InChI is InChI=1S/C15H23ClN4O3/c1-2-17-14-13(16)7-11(8-18-14)15(22)19-9-12(21)10-20-3-5-23-6-4-20/h7-8,12,21H,2-6,9-10H2,1H3,(H,17,18)(H,19,22). The number of morpholine rings is 1. The maximum Gasteiger partial charge on any atom is 0.252 e. The Bertz CT molecular complexity index is 523. The number of nitrogens with zero attached hydrogens (tertiary/aromatic N) is 2. The molecule has 0 spiro atoms. The Morgan fingerprint density at radius 3 is 2.91 bits per heavy atom. The molecule has 0 radical (unpaired) electrons. The van der Waals surface area contributed by atoms with Crippen molar-refractivity contribution in [1.29, 1.82) is 0 Å². The number of nitrogens with one attached hydrogen (secondary N) is 2. The van der Waals surface area contributed by atoms with Crippen LogP contribution in [0.15, 0.2) is 12.3 Å². The number of halogens is 1. The van der Waals surface area contributed by atoms with Crippen LogP contribution in [0.5, 0.6) is 0 Å². The highest BCUT2D eigenvalue weighted by Crippen LogP contribution is 2.19. The zero-order valence-electron chi connectivity index (χ0n) is 13.2. The number of ether oxygens (including phenoxy) is 1. The first-order chi connectivity index (χ1) is 11.1. The van der Waals surface area contributed by atoms with Gasteiger partial charge in [0.15, 0.2) is 0 Å². The Hall–Kier alpha value is -1.41. The molecule has 1 unspecified atom stereocenters. The Morgan fingerprint density at radius 2 is 2.26 bits per heavy atom. The minimum atomic E-state index is -0.624. The second-order valence-electron chi connectivity index (χ2n) is 5.36. The molecule has 1 fully saturated rings. The summed E-state index contributed by atoms with van der Waals surface area (Å²) < 4.78 is 5.26. The molecule has 7 nitrogen and oxygen atoms in total. The molecule has 1 amide bonds. The van der Waals surface area contributed by atoms with Crippen LogP contribution in [0.4, 0.5) is 5.82 Å². The average Bonchev–Trinajstić information content (AvgIpc) is 2.55. The fraction of sp³-hybridized carbons (Fsp3) is 0.600. The molecule has 8 heteroatoms. The number of aliphatic hydroxyl groups is 1. The lowest BCUT2D eigenvalue weighted by molar-refractivity contribution is 0.0149. The third-order valence-corrected chi connectivity index (χ3v) is 3.81. The number of anilines is 1. The number of aromatic nitrogens is 1. The van der Waals surface area contributed by atoms with Crippen LogP contribution in [-0.2, 0) is 4.74 Å². The molecule has 1 aromatic rings. The molecule has 1 saturated heterocycles. The van der Waals surface area contributed by atoms with Gasteiger partial charge in [-0.15, -0.1) is 0 Å². The minimum Gasteiger partial charge on any atom is -0.390 e. The normalized spacial score (nSPS) is 16.8.